The molecule has 0 spiro atoms. The molecule has 0 saturated carbocycles. The molecule has 0 saturated heterocycles. The second kappa shape index (κ2) is 7.15. The molecular formula is C16H16N4O2S. The number of amides is 1. The third-order valence-electron chi connectivity index (χ3n) is 3.10. The molecule has 118 valence electrons. The first-order valence-corrected chi connectivity index (χ1v) is 8.15. The summed E-state index contributed by atoms with van der Waals surface area (Å²) in [5, 5.41) is 7.22. The fraction of sp³-hybridized carbons (Fsp3) is 0.188. The largest absolute Gasteiger partial charge is 0.360 e. The minimum atomic E-state index is -0.0966. The Hall–Kier alpha value is -2.54. The fourth-order valence-electron chi connectivity index (χ4n) is 2.01. The van der Waals surface area contributed by atoms with Crippen molar-refractivity contribution in [2.75, 3.05) is 11.1 Å². The minimum Gasteiger partial charge on any atom is -0.360 e. The number of carbonyl (C=O) groups excluding carboxylic acids is 1. The number of aryl methyl sites for hydroxylation is 1. The summed E-state index contributed by atoms with van der Waals surface area (Å²) in [7, 11) is 0. The Morgan fingerprint density at radius 3 is 2.91 bits per heavy atom. The van der Waals surface area contributed by atoms with E-state index in [9.17, 15) is 4.79 Å². The second-order valence-corrected chi connectivity index (χ2v) is 6.02. The van der Waals surface area contributed by atoms with Gasteiger partial charge in [0.1, 0.15) is 5.76 Å². The number of nitrogens with zero attached hydrogens (tertiary/aromatic N) is 2. The SMILES string of the molecule is Cc1cc(NC(=O)CCSc2ncc(-c3ccccc3)[nH]2)no1. The average molecular weight is 328 g/mol. The van der Waals surface area contributed by atoms with Crippen molar-refractivity contribution >= 4 is 23.5 Å². The van der Waals surface area contributed by atoms with Crippen LogP contribution in [0, 0.1) is 6.92 Å². The van der Waals surface area contributed by atoms with Gasteiger partial charge in [-0.3, -0.25) is 4.79 Å². The van der Waals surface area contributed by atoms with Gasteiger partial charge in [0.05, 0.1) is 11.9 Å². The number of imidazole rings is 1. The molecule has 0 radical (unpaired) electrons. The van der Waals surface area contributed by atoms with E-state index < -0.39 is 0 Å². The Kier molecular flexibility index (Phi) is 4.77. The van der Waals surface area contributed by atoms with E-state index in [-0.39, 0.29) is 5.91 Å². The maximum Gasteiger partial charge on any atom is 0.226 e. The highest BCUT2D eigenvalue weighted by atomic mass is 32.2. The van der Waals surface area contributed by atoms with Gasteiger partial charge in [-0.1, -0.05) is 47.3 Å². The van der Waals surface area contributed by atoms with Gasteiger partial charge in [0.25, 0.3) is 0 Å². The molecule has 0 unspecified atom stereocenters. The maximum atomic E-state index is 11.8. The smallest absolute Gasteiger partial charge is 0.226 e. The van der Waals surface area contributed by atoms with Gasteiger partial charge >= 0.3 is 0 Å². The zero-order valence-corrected chi connectivity index (χ0v) is 13.4. The Balaban J connectivity index is 1.47. The van der Waals surface area contributed by atoms with Crippen molar-refractivity contribution in [1.82, 2.24) is 15.1 Å². The molecule has 0 aliphatic rings. The molecule has 0 bridgehead atoms. The molecule has 2 heterocycles. The van der Waals surface area contributed by atoms with Crippen molar-refractivity contribution in [3.8, 4) is 11.3 Å². The molecule has 3 aromatic rings. The monoisotopic (exact) mass is 328 g/mol. The van der Waals surface area contributed by atoms with Crippen LogP contribution in [0.5, 0.6) is 0 Å². The number of hydrogen-bond acceptors (Lipinski definition) is 5. The van der Waals surface area contributed by atoms with E-state index in [0.717, 1.165) is 16.4 Å². The number of carbonyl (C=O) groups is 1. The van der Waals surface area contributed by atoms with Gasteiger partial charge < -0.3 is 14.8 Å². The second-order valence-electron chi connectivity index (χ2n) is 4.94. The molecule has 1 aromatic carbocycles. The van der Waals surface area contributed by atoms with E-state index >= 15 is 0 Å². The number of aromatic amines is 1. The standard InChI is InChI=1S/C16H16N4O2S/c1-11-9-14(20-22-11)19-15(21)7-8-23-16-17-10-13(18-16)12-5-3-2-4-6-12/h2-6,9-10H,7-8H2,1H3,(H,17,18)(H,19,20,21). The highest BCUT2D eigenvalue weighted by Gasteiger charge is 2.08. The quantitative estimate of drug-likeness (QED) is 0.677. The average Bonchev–Trinajstić information content (AvgIpc) is 3.17. The van der Waals surface area contributed by atoms with Crippen molar-refractivity contribution in [1.29, 1.82) is 0 Å². The summed E-state index contributed by atoms with van der Waals surface area (Å²) >= 11 is 1.51. The molecular weight excluding hydrogens is 312 g/mol. The molecule has 7 heteroatoms. The number of H-pyrrole nitrogens is 1. The van der Waals surface area contributed by atoms with E-state index in [1.54, 1.807) is 19.2 Å². The number of nitrogens with one attached hydrogen (secondary N) is 2. The zero-order chi connectivity index (χ0) is 16.1. The summed E-state index contributed by atoms with van der Waals surface area (Å²) in [4.78, 5) is 19.4. The third-order valence-corrected chi connectivity index (χ3v) is 3.99. The molecule has 6 nitrogen and oxygen atoms in total. The Morgan fingerprint density at radius 1 is 1.35 bits per heavy atom. The molecule has 23 heavy (non-hydrogen) atoms. The van der Waals surface area contributed by atoms with Crippen LogP contribution in [0.4, 0.5) is 5.82 Å². The third kappa shape index (κ3) is 4.23. The predicted octanol–water partition coefficient (Wildman–Crippen LogP) is 3.49. The van der Waals surface area contributed by atoms with Crippen LogP contribution in [0.1, 0.15) is 12.2 Å². The summed E-state index contributed by atoms with van der Waals surface area (Å²) < 4.78 is 4.90. The van der Waals surface area contributed by atoms with Crippen molar-refractivity contribution in [2.45, 2.75) is 18.5 Å². The lowest BCUT2D eigenvalue weighted by Crippen LogP contribution is -2.12. The Labute approximate surface area is 137 Å². The lowest BCUT2D eigenvalue weighted by atomic mass is 10.2. The van der Waals surface area contributed by atoms with Crippen LogP contribution in [-0.4, -0.2) is 26.8 Å². The van der Waals surface area contributed by atoms with Crippen LogP contribution in [0.25, 0.3) is 11.3 Å². The fourth-order valence-corrected chi connectivity index (χ4v) is 2.80. The van der Waals surface area contributed by atoms with Crippen molar-refractivity contribution in [3.63, 3.8) is 0 Å². The lowest BCUT2D eigenvalue weighted by Gasteiger charge is -2.00. The summed E-state index contributed by atoms with van der Waals surface area (Å²) in [5.41, 5.74) is 2.06. The van der Waals surface area contributed by atoms with E-state index in [0.29, 0.717) is 23.8 Å². The molecule has 1 amide bonds. The van der Waals surface area contributed by atoms with Crippen LogP contribution in [-0.2, 0) is 4.79 Å². The van der Waals surface area contributed by atoms with E-state index in [4.69, 9.17) is 4.52 Å². The van der Waals surface area contributed by atoms with Crippen LogP contribution in [0.2, 0.25) is 0 Å². The predicted molar refractivity (Wildman–Crippen MR) is 89.2 cm³/mol. The van der Waals surface area contributed by atoms with Crippen LogP contribution < -0.4 is 5.32 Å². The maximum absolute atomic E-state index is 11.8. The molecule has 2 N–H and O–H groups in total. The summed E-state index contributed by atoms with van der Waals surface area (Å²) in [6.07, 6.45) is 2.17. The van der Waals surface area contributed by atoms with Crippen LogP contribution in [0.3, 0.4) is 0 Å². The van der Waals surface area contributed by atoms with Crippen molar-refractivity contribution in [2.24, 2.45) is 0 Å². The first-order chi connectivity index (χ1) is 11.2. The molecule has 0 aliphatic carbocycles. The van der Waals surface area contributed by atoms with Crippen molar-refractivity contribution in [3.05, 3.63) is 48.4 Å². The Bertz CT molecular complexity index is 782. The van der Waals surface area contributed by atoms with Gasteiger partial charge in [-0.15, -0.1) is 0 Å². The number of rotatable bonds is 6. The first-order valence-electron chi connectivity index (χ1n) is 7.17. The van der Waals surface area contributed by atoms with Gasteiger partial charge in [0.15, 0.2) is 11.0 Å². The topological polar surface area (TPSA) is 83.8 Å². The van der Waals surface area contributed by atoms with Gasteiger partial charge in [-0.2, -0.15) is 0 Å². The highest BCUT2D eigenvalue weighted by Crippen LogP contribution is 2.21. The molecule has 0 fully saturated rings. The Morgan fingerprint density at radius 2 is 2.17 bits per heavy atom. The number of aromatic nitrogens is 3. The first kappa shape index (κ1) is 15.4. The van der Waals surface area contributed by atoms with Crippen LogP contribution in [0.15, 0.2) is 52.3 Å². The van der Waals surface area contributed by atoms with Gasteiger partial charge in [0.2, 0.25) is 5.91 Å². The van der Waals surface area contributed by atoms with Crippen molar-refractivity contribution < 1.29 is 9.32 Å². The molecule has 0 atom stereocenters. The lowest BCUT2D eigenvalue weighted by molar-refractivity contribution is -0.115. The highest BCUT2D eigenvalue weighted by molar-refractivity contribution is 7.99. The summed E-state index contributed by atoms with van der Waals surface area (Å²) in [5.74, 6) is 1.64. The normalized spacial score (nSPS) is 10.7. The molecule has 2 aromatic heterocycles. The number of anilines is 1. The van der Waals surface area contributed by atoms with E-state index in [2.05, 4.69) is 20.4 Å². The molecule has 3 rings (SSSR count). The summed E-state index contributed by atoms with van der Waals surface area (Å²) in [6.45, 7) is 1.78. The number of hydrogen-bond donors (Lipinski definition) is 2. The summed E-state index contributed by atoms with van der Waals surface area (Å²) in [6, 6.07) is 11.7. The number of thioether (sulfide) groups is 1. The van der Waals surface area contributed by atoms with E-state index in [1.807, 2.05) is 30.3 Å². The zero-order valence-electron chi connectivity index (χ0n) is 12.6. The van der Waals surface area contributed by atoms with Gasteiger partial charge in [0, 0.05) is 18.2 Å². The molecule has 0 aliphatic heterocycles. The van der Waals surface area contributed by atoms with E-state index in [1.165, 1.54) is 11.8 Å². The van der Waals surface area contributed by atoms with Gasteiger partial charge in [-0.25, -0.2) is 4.98 Å². The van der Waals surface area contributed by atoms with Crippen LogP contribution >= 0.6 is 11.8 Å². The number of benzene rings is 1. The van der Waals surface area contributed by atoms with Gasteiger partial charge in [-0.05, 0) is 12.5 Å². The minimum absolute atomic E-state index is 0.0966.